The number of aliphatic hydroxyl groups is 1. The molecule has 3 heterocycles. The maximum Gasteiger partial charge on any atom is 0.405 e. The summed E-state index contributed by atoms with van der Waals surface area (Å²) in [5.41, 5.74) is 3.89. The number of aliphatic hydroxyl groups excluding tert-OH is 1. The van der Waals surface area contributed by atoms with Crippen molar-refractivity contribution in [1.29, 1.82) is 0 Å². The number of thiazole rings is 1. The van der Waals surface area contributed by atoms with Crippen LogP contribution in [0.1, 0.15) is 65.2 Å². The monoisotopic (exact) mass is 633 g/mol. The van der Waals surface area contributed by atoms with Crippen LogP contribution in [0, 0.1) is 12.3 Å². The highest BCUT2D eigenvalue weighted by atomic mass is 32.1. The van der Waals surface area contributed by atoms with Gasteiger partial charge < -0.3 is 25.7 Å². The largest absolute Gasteiger partial charge is 0.465 e. The number of amides is 5. The summed E-state index contributed by atoms with van der Waals surface area (Å²) in [6.07, 6.45) is -2.46. The molecule has 1 aromatic heterocycles. The van der Waals surface area contributed by atoms with Crippen LogP contribution < -0.4 is 10.6 Å². The SMILES string of the molecule is Cc1ncsc1-c1ccc(C(CN2C(=O)c3ccccc3C2=O)NC(=O)[C@@H]2C[C@@H](O)CN2C(=O)[C@@H](NC(=O)O)C(C)(C)C)cc1. The van der Waals surface area contributed by atoms with Gasteiger partial charge in [-0.25, -0.2) is 9.78 Å². The highest BCUT2D eigenvalue weighted by molar-refractivity contribution is 7.13. The fourth-order valence-electron chi connectivity index (χ4n) is 5.78. The fourth-order valence-corrected chi connectivity index (χ4v) is 6.59. The number of nitrogens with one attached hydrogen (secondary N) is 2. The predicted molar refractivity (Wildman–Crippen MR) is 166 cm³/mol. The number of fused-ring (bicyclic) bond motifs is 1. The molecule has 45 heavy (non-hydrogen) atoms. The Morgan fingerprint density at radius 1 is 1.02 bits per heavy atom. The van der Waals surface area contributed by atoms with Crippen molar-refractivity contribution < 1.29 is 34.2 Å². The third kappa shape index (κ3) is 6.45. The lowest BCUT2D eigenvalue weighted by Gasteiger charge is -2.35. The highest BCUT2D eigenvalue weighted by Gasteiger charge is 2.45. The second kappa shape index (κ2) is 12.4. The zero-order valence-electron chi connectivity index (χ0n) is 25.3. The van der Waals surface area contributed by atoms with Crippen LogP contribution in [0.5, 0.6) is 0 Å². The minimum atomic E-state index is -1.39. The van der Waals surface area contributed by atoms with E-state index in [1.54, 1.807) is 62.7 Å². The van der Waals surface area contributed by atoms with Crippen LogP contribution in [-0.4, -0.2) is 86.0 Å². The number of carboxylic acid groups (broad SMARTS) is 1. The number of aromatic nitrogens is 1. The molecule has 1 fully saturated rings. The van der Waals surface area contributed by atoms with E-state index in [-0.39, 0.29) is 30.6 Å². The van der Waals surface area contributed by atoms with E-state index in [0.29, 0.717) is 5.56 Å². The van der Waals surface area contributed by atoms with Crippen LogP contribution in [0.3, 0.4) is 0 Å². The maximum absolute atomic E-state index is 13.9. The van der Waals surface area contributed by atoms with E-state index in [2.05, 4.69) is 15.6 Å². The third-order valence-electron chi connectivity index (χ3n) is 8.13. The van der Waals surface area contributed by atoms with Gasteiger partial charge in [-0.1, -0.05) is 57.2 Å². The van der Waals surface area contributed by atoms with Crippen LogP contribution in [-0.2, 0) is 9.59 Å². The summed E-state index contributed by atoms with van der Waals surface area (Å²) >= 11 is 1.49. The Kier molecular flexibility index (Phi) is 8.77. The first-order valence-corrected chi connectivity index (χ1v) is 15.4. The lowest BCUT2D eigenvalue weighted by Crippen LogP contribution is -2.58. The molecule has 0 radical (unpaired) electrons. The summed E-state index contributed by atoms with van der Waals surface area (Å²) in [5, 5.41) is 25.1. The number of rotatable bonds is 8. The first-order chi connectivity index (χ1) is 21.3. The molecule has 2 aliphatic heterocycles. The van der Waals surface area contributed by atoms with Crippen LogP contribution >= 0.6 is 11.3 Å². The maximum atomic E-state index is 13.9. The smallest absolute Gasteiger partial charge is 0.405 e. The number of benzene rings is 2. The molecule has 1 unspecified atom stereocenters. The minimum Gasteiger partial charge on any atom is -0.465 e. The van der Waals surface area contributed by atoms with E-state index in [1.807, 2.05) is 19.1 Å². The summed E-state index contributed by atoms with van der Waals surface area (Å²) < 4.78 is 0. The summed E-state index contributed by atoms with van der Waals surface area (Å²) in [5.74, 6) is -2.20. The van der Waals surface area contributed by atoms with Crippen LogP contribution in [0.25, 0.3) is 10.4 Å². The van der Waals surface area contributed by atoms with Gasteiger partial charge in [0.2, 0.25) is 11.8 Å². The second-order valence-corrected chi connectivity index (χ2v) is 13.2. The summed E-state index contributed by atoms with van der Waals surface area (Å²) in [7, 11) is 0. The number of carbonyl (C=O) groups is 5. The number of hydrogen-bond acceptors (Lipinski definition) is 8. The molecule has 2 aromatic carbocycles. The van der Waals surface area contributed by atoms with E-state index in [0.717, 1.165) is 21.0 Å². The summed E-state index contributed by atoms with van der Waals surface area (Å²) in [4.78, 5) is 73.1. The topological polar surface area (TPSA) is 169 Å². The zero-order valence-corrected chi connectivity index (χ0v) is 26.1. The molecule has 236 valence electrons. The van der Waals surface area contributed by atoms with Gasteiger partial charge in [-0.15, -0.1) is 11.3 Å². The number of carbonyl (C=O) groups excluding carboxylic acids is 4. The summed E-state index contributed by atoms with van der Waals surface area (Å²) in [6.45, 7) is 6.67. The van der Waals surface area contributed by atoms with Gasteiger partial charge in [0.1, 0.15) is 12.1 Å². The first-order valence-electron chi connectivity index (χ1n) is 14.5. The van der Waals surface area contributed by atoms with Crippen molar-refractivity contribution in [1.82, 2.24) is 25.4 Å². The van der Waals surface area contributed by atoms with E-state index in [4.69, 9.17) is 0 Å². The van der Waals surface area contributed by atoms with E-state index in [1.165, 1.54) is 16.2 Å². The van der Waals surface area contributed by atoms with Crippen LogP contribution in [0.4, 0.5) is 4.79 Å². The van der Waals surface area contributed by atoms with Gasteiger partial charge in [0.15, 0.2) is 0 Å². The Balaban J connectivity index is 1.44. The van der Waals surface area contributed by atoms with Crippen molar-refractivity contribution in [2.24, 2.45) is 5.41 Å². The Hall–Kier alpha value is -4.62. The van der Waals surface area contributed by atoms with Crippen molar-refractivity contribution in [2.45, 2.75) is 58.3 Å². The molecule has 0 bridgehead atoms. The Bertz CT molecular complexity index is 1610. The predicted octanol–water partition coefficient (Wildman–Crippen LogP) is 3.22. The van der Waals surface area contributed by atoms with Gasteiger partial charge in [0, 0.05) is 13.0 Å². The van der Waals surface area contributed by atoms with Gasteiger partial charge >= 0.3 is 6.09 Å². The van der Waals surface area contributed by atoms with Gasteiger partial charge in [0.25, 0.3) is 11.8 Å². The molecule has 1 saturated heterocycles. The lowest BCUT2D eigenvalue weighted by molar-refractivity contribution is -0.142. The molecule has 2 aliphatic rings. The Morgan fingerprint density at radius 3 is 2.18 bits per heavy atom. The number of aryl methyl sites for hydroxylation is 1. The molecule has 13 heteroatoms. The molecule has 0 spiro atoms. The molecule has 4 N–H and O–H groups in total. The standard InChI is InChI=1S/C32H35N5O7S/c1-17-25(45-16-33-17)19-11-9-18(10-12-19)23(15-37-28(40)21-7-5-6-8-22(21)29(37)41)34-27(39)24-13-20(38)14-36(24)30(42)26(32(2,3)4)35-31(43)44/h5-12,16,20,23-24,26,35,38H,13-15H2,1-4H3,(H,34,39)(H,43,44)/t20-,23?,24+,26-/m1/s1. The molecular formula is C32H35N5O7S. The van der Waals surface area contributed by atoms with Gasteiger partial charge in [0.05, 0.1) is 45.9 Å². The molecule has 5 rings (SSSR count). The molecular weight excluding hydrogens is 598 g/mol. The molecule has 0 aliphatic carbocycles. The third-order valence-corrected chi connectivity index (χ3v) is 9.10. The second-order valence-electron chi connectivity index (χ2n) is 12.4. The van der Waals surface area contributed by atoms with E-state index in [9.17, 15) is 34.2 Å². The number of β-amino-alcohol motifs (C(OH)–C–C–N with tert-alkyl or cyclic N) is 1. The Morgan fingerprint density at radius 2 is 1.64 bits per heavy atom. The normalized spacial score (nSPS) is 19.3. The van der Waals surface area contributed by atoms with Gasteiger partial charge in [-0.2, -0.15) is 0 Å². The number of nitrogens with zero attached hydrogens (tertiary/aromatic N) is 3. The number of likely N-dealkylation sites (tertiary alicyclic amines) is 1. The zero-order chi connectivity index (χ0) is 32.6. The lowest BCUT2D eigenvalue weighted by atomic mass is 9.85. The van der Waals surface area contributed by atoms with Gasteiger partial charge in [-0.3, -0.25) is 24.1 Å². The average Bonchev–Trinajstić information content (AvgIpc) is 3.67. The minimum absolute atomic E-state index is 0.0646. The average molecular weight is 634 g/mol. The van der Waals surface area contributed by atoms with Crippen molar-refractivity contribution in [3.8, 4) is 10.4 Å². The first kappa shape index (κ1) is 31.8. The molecule has 0 saturated carbocycles. The van der Waals surface area contributed by atoms with Crippen molar-refractivity contribution in [3.05, 3.63) is 76.4 Å². The molecule has 5 amide bonds. The van der Waals surface area contributed by atoms with Crippen molar-refractivity contribution in [3.63, 3.8) is 0 Å². The fraction of sp³-hybridized carbons (Fsp3) is 0.375. The van der Waals surface area contributed by atoms with E-state index < -0.39 is 59.4 Å². The Labute approximate surface area is 264 Å². The molecule has 3 aromatic rings. The summed E-state index contributed by atoms with van der Waals surface area (Å²) in [6, 6.07) is 10.7. The quantitative estimate of drug-likeness (QED) is 0.274. The van der Waals surface area contributed by atoms with Crippen LogP contribution in [0.2, 0.25) is 0 Å². The van der Waals surface area contributed by atoms with Gasteiger partial charge in [-0.05, 0) is 35.6 Å². The van der Waals surface area contributed by atoms with E-state index >= 15 is 0 Å². The molecule has 4 atom stereocenters. The number of imide groups is 1. The van der Waals surface area contributed by atoms with Crippen molar-refractivity contribution >= 4 is 41.1 Å². The highest BCUT2D eigenvalue weighted by Crippen LogP contribution is 2.31. The van der Waals surface area contributed by atoms with Crippen molar-refractivity contribution in [2.75, 3.05) is 13.1 Å². The van der Waals surface area contributed by atoms with Crippen LogP contribution in [0.15, 0.2) is 54.0 Å². The molecule has 12 nitrogen and oxygen atoms in total. The number of hydrogen-bond donors (Lipinski definition) is 4.